The lowest BCUT2D eigenvalue weighted by Crippen LogP contribution is -2.11. The van der Waals surface area contributed by atoms with E-state index in [-0.39, 0.29) is 0 Å². The number of hydrogen-bond donors (Lipinski definition) is 0. The lowest BCUT2D eigenvalue weighted by Gasteiger charge is -2.28. The number of fused-ring (bicyclic) bond motifs is 17. The van der Waals surface area contributed by atoms with E-state index in [4.69, 9.17) is 0 Å². The van der Waals surface area contributed by atoms with Crippen LogP contribution in [0.1, 0.15) is 0 Å². The van der Waals surface area contributed by atoms with Gasteiger partial charge in [0.15, 0.2) is 0 Å². The summed E-state index contributed by atoms with van der Waals surface area (Å²) in [6.45, 7) is 0. The molecule has 15 rings (SSSR count). The molecule has 0 fully saturated rings. The van der Waals surface area contributed by atoms with Gasteiger partial charge in [0.1, 0.15) is 0 Å². The SMILES string of the molecule is c1ccc2c(c1)-c1cccc3c1c-2cc1c2cc4ccccc4cc2n(-c2ccc(N(c4ccc5c6ccccc6c6ccccc6c5c4)c4cc5ccccc5c5ccccc45)cc2)c31. The van der Waals surface area contributed by atoms with Crippen molar-refractivity contribution in [3.8, 4) is 27.9 Å². The summed E-state index contributed by atoms with van der Waals surface area (Å²) >= 11 is 0. The van der Waals surface area contributed by atoms with Gasteiger partial charge in [0.25, 0.3) is 0 Å². The van der Waals surface area contributed by atoms with Gasteiger partial charge < -0.3 is 9.47 Å². The number of aromatic nitrogens is 1. The van der Waals surface area contributed by atoms with Crippen molar-refractivity contribution in [2.45, 2.75) is 0 Å². The van der Waals surface area contributed by atoms with Gasteiger partial charge in [-0.1, -0.05) is 170 Å². The van der Waals surface area contributed by atoms with Crippen LogP contribution in [0.5, 0.6) is 0 Å². The summed E-state index contributed by atoms with van der Waals surface area (Å²) in [5, 5.41) is 20.2. The maximum Gasteiger partial charge on any atom is 0.0620 e. The van der Waals surface area contributed by atoms with Crippen LogP contribution in [0.2, 0.25) is 0 Å². The molecule has 2 nitrogen and oxygen atoms in total. The Bertz CT molecular complexity index is 4370. The molecule has 1 aliphatic rings. The van der Waals surface area contributed by atoms with Gasteiger partial charge >= 0.3 is 0 Å². The Morgan fingerprint density at radius 2 is 0.788 bits per heavy atom. The van der Waals surface area contributed by atoms with E-state index >= 15 is 0 Å². The van der Waals surface area contributed by atoms with Crippen LogP contribution in [-0.2, 0) is 0 Å². The van der Waals surface area contributed by atoms with Gasteiger partial charge in [0, 0.05) is 38.6 Å². The average Bonchev–Trinajstić information content (AvgIpc) is 3.88. The number of nitrogens with zero attached hydrogens (tertiary/aromatic N) is 2. The Morgan fingerprint density at radius 3 is 1.50 bits per heavy atom. The molecule has 1 heterocycles. The minimum atomic E-state index is 1.10. The summed E-state index contributed by atoms with van der Waals surface area (Å²) in [6, 6.07) is 86.0. The summed E-state index contributed by atoms with van der Waals surface area (Å²) in [4.78, 5) is 2.48. The zero-order valence-electron chi connectivity index (χ0n) is 35.8. The molecule has 0 N–H and O–H groups in total. The first-order valence-corrected chi connectivity index (χ1v) is 22.9. The van der Waals surface area contributed by atoms with Crippen molar-refractivity contribution in [3.63, 3.8) is 0 Å². The van der Waals surface area contributed by atoms with Gasteiger partial charge in [0.05, 0.1) is 16.7 Å². The topological polar surface area (TPSA) is 8.17 Å². The van der Waals surface area contributed by atoms with Crippen LogP contribution in [0, 0.1) is 0 Å². The zero-order chi connectivity index (χ0) is 43.0. The molecule has 0 radical (unpaired) electrons. The molecule has 0 saturated carbocycles. The lowest BCUT2D eigenvalue weighted by atomic mass is 9.93. The van der Waals surface area contributed by atoms with E-state index in [1.54, 1.807) is 0 Å². The highest BCUT2D eigenvalue weighted by Crippen LogP contribution is 2.52. The van der Waals surface area contributed by atoms with Crippen LogP contribution in [0.25, 0.3) is 125 Å². The summed E-state index contributed by atoms with van der Waals surface area (Å²) in [6.07, 6.45) is 0. The van der Waals surface area contributed by atoms with E-state index in [0.29, 0.717) is 0 Å². The standard InChI is InChI=1S/C64H38N2/c1-2-15-40-35-62-58(34-39(40)14-1)60-38-59-52-24-10-8-22-50(52)55-26-13-27-56(63(55)59)64(60)66(62)43-30-28-42(29-31-43)65(61-36-41-16-3-4-17-45(41)46-18-11-12-25-54(46)61)44-32-33-53-49-21-6-5-19-47(49)48-20-7-9-23-51(48)57(53)37-44/h1-38H. The maximum atomic E-state index is 2.52. The number of hydrogen-bond acceptors (Lipinski definition) is 1. The Kier molecular flexibility index (Phi) is 7.25. The largest absolute Gasteiger partial charge is 0.310 e. The predicted octanol–water partition coefficient (Wildman–Crippen LogP) is 18.0. The lowest BCUT2D eigenvalue weighted by molar-refractivity contribution is 1.18. The second-order valence-electron chi connectivity index (χ2n) is 18.0. The third-order valence-corrected chi connectivity index (χ3v) is 14.6. The van der Waals surface area contributed by atoms with Crippen LogP contribution in [-0.4, -0.2) is 4.57 Å². The van der Waals surface area contributed by atoms with Gasteiger partial charge in [-0.2, -0.15) is 0 Å². The molecule has 14 aromatic rings. The fraction of sp³-hybridized carbons (Fsp3) is 0. The molecule has 0 atom stereocenters. The highest BCUT2D eigenvalue weighted by atomic mass is 15.1. The van der Waals surface area contributed by atoms with Gasteiger partial charge in [-0.3, -0.25) is 0 Å². The zero-order valence-corrected chi connectivity index (χ0v) is 35.8. The smallest absolute Gasteiger partial charge is 0.0620 e. The first kappa shape index (κ1) is 35.7. The van der Waals surface area contributed by atoms with Crippen molar-refractivity contribution >= 4 is 114 Å². The molecule has 0 amide bonds. The highest BCUT2D eigenvalue weighted by molar-refractivity contribution is 6.29. The van der Waals surface area contributed by atoms with Gasteiger partial charge in [-0.05, 0) is 148 Å². The molecule has 1 aliphatic carbocycles. The van der Waals surface area contributed by atoms with E-state index in [0.717, 1.165) is 22.7 Å². The van der Waals surface area contributed by atoms with E-state index in [1.165, 1.54) is 119 Å². The molecule has 0 aliphatic heterocycles. The Balaban J connectivity index is 1.00. The quantitative estimate of drug-likeness (QED) is 0.160. The number of benzene rings is 13. The van der Waals surface area contributed by atoms with Crippen LogP contribution >= 0.6 is 0 Å². The monoisotopic (exact) mass is 834 g/mol. The second kappa shape index (κ2) is 13.4. The van der Waals surface area contributed by atoms with E-state index < -0.39 is 0 Å². The molecule has 2 heteroatoms. The van der Waals surface area contributed by atoms with Crippen LogP contribution < -0.4 is 4.90 Å². The molecule has 0 saturated heterocycles. The number of rotatable bonds is 4. The van der Waals surface area contributed by atoms with Gasteiger partial charge in [0.2, 0.25) is 0 Å². The molecule has 1 aromatic heterocycles. The summed E-state index contributed by atoms with van der Waals surface area (Å²) in [7, 11) is 0. The molecular weight excluding hydrogens is 797 g/mol. The molecule has 304 valence electrons. The first-order valence-electron chi connectivity index (χ1n) is 22.9. The fourth-order valence-electron chi connectivity index (χ4n) is 11.8. The second-order valence-corrected chi connectivity index (χ2v) is 18.0. The van der Waals surface area contributed by atoms with Crippen molar-refractivity contribution in [1.82, 2.24) is 4.57 Å². The van der Waals surface area contributed by atoms with Gasteiger partial charge in [-0.15, -0.1) is 0 Å². The normalized spacial score (nSPS) is 12.2. The van der Waals surface area contributed by atoms with Crippen molar-refractivity contribution in [3.05, 3.63) is 231 Å². The fourth-order valence-corrected chi connectivity index (χ4v) is 11.8. The average molecular weight is 835 g/mol. The summed E-state index contributed by atoms with van der Waals surface area (Å²) < 4.78 is 2.52. The van der Waals surface area contributed by atoms with Crippen LogP contribution in [0.4, 0.5) is 17.1 Å². The maximum absolute atomic E-state index is 2.52. The third-order valence-electron chi connectivity index (χ3n) is 14.6. The Labute approximate surface area is 380 Å². The minimum absolute atomic E-state index is 1.10. The van der Waals surface area contributed by atoms with Crippen LogP contribution in [0.3, 0.4) is 0 Å². The molecule has 0 spiro atoms. The molecule has 13 aromatic carbocycles. The van der Waals surface area contributed by atoms with E-state index in [9.17, 15) is 0 Å². The van der Waals surface area contributed by atoms with Crippen LogP contribution in [0.15, 0.2) is 231 Å². The third kappa shape index (κ3) is 4.90. The summed E-state index contributed by atoms with van der Waals surface area (Å²) in [5.41, 5.74) is 12.2. The van der Waals surface area contributed by atoms with E-state index in [1.807, 2.05) is 0 Å². The summed E-state index contributed by atoms with van der Waals surface area (Å²) in [5.74, 6) is 0. The van der Waals surface area contributed by atoms with E-state index in [2.05, 4.69) is 240 Å². The minimum Gasteiger partial charge on any atom is -0.310 e. The van der Waals surface area contributed by atoms with Gasteiger partial charge in [-0.25, -0.2) is 0 Å². The highest BCUT2D eigenvalue weighted by Gasteiger charge is 2.26. The molecule has 0 unspecified atom stereocenters. The van der Waals surface area contributed by atoms with Crippen molar-refractivity contribution in [2.75, 3.05) is 4.90 Å². The predicted molar refractivity (Wildman–Crippen MR) is 282 cm³/mol. The van der Waals surface area contributed by atoms with Crippen molar-refractivity contribution in [1.29, 1.82) is 0 Å². The molecule has 0 bridgehead atoms. The molecule has 66 heavy (non-hydrogen) atoms. The Morgan fingerprint density at radius 1 is 0.273 bits per heavy atom. The van der Waals surface area contributed by atoms with Crippen molar-refractivity contribution < 1.29 is 0 Å². The number of anilines is 3. The first-order chi connectivity index (χ1) is 32.7. The Hall–Kier alpha value is -8.72. The van der Waals surface area contributed by atoms with Crippen molar-refractivity contribution in [2.24, 2.45) is 0 Å². The molecular formula is C64H38N2.